The van der Waals surface area contributed by atoms with E-state index in [-0.39, 0.29) is 5.91 Å². The number of carbonyl (C=O) groups excluding carboxylic acids is 1. The number of aryl methyl sites for hydroxylation is 1. The summed E-state index contributed by atoms with van der Waals surface area (Å²) in [7, 11) is 0. The lowest BCUT2D eigenvalue weighted by molar-refractivity contribution is 0.0951. The van der Waals surface area contributed by atoms with E-state index in [4.69, 9.17) is 5.26 Å². The number of nitriles is 1. The molecule has 0 spiro atoms. The van der Waals surface area contributed by atoms with Crippen LogP contribution >= 0.6 is 0 Å². The molecule has 0 saturated carbocycles. The van der Waals surface area contributed by atoms with Crippen molar-refractivity contribution in [2.45, 2.75) is 20.0 Å². The Morgan fingerprint density at radius 2 is 1.80 bits per heavy atom. The van der Waals surface area contributed by atoms with Gasteiger partial charge in [0.15, 0.2) is 0 Å². The molecule has 0 bridgehead atoms. The second-order valence-corrected chi connectivity index (χ2v) is 5.57. The molecular weight excluding hydrogens is 316 g/mol. The third-order valence-electron chi connectivity index (χ3n) is 3.80. The first-order valence-electron chi connectivity index (χ1n) is 7.74. The van der Waals surface area contributed by atoms with E-state index in [1.54, 1.807) is 28.9 Å². The van der Waals surface area contributed by atoms with Gasteiger partial charge in [0.1, 0.15) is 5.82 Å². The zero-order chi connectivity index (χ0) is 17.6. The molecule has 7 nitrogen and oxygen atoms in total. The van der Waals surface area contributed by atoms with Gasteiger partial charge in [0.25, 0.3) is 5.91 Å². The zero-order valence-electron chi connectivity index (χ0n) is 13.7. The van der Waals surface area contributed by atoms with Crippen LogP contribution in [0.4, 0.5) is 0 Å². The monoisotopic (exact) mass is 332 g/mol. The first-order valence-corrected chi connectivity index (χ1v) is 7.74. The van der Waals surface area contributed by atoms with E-state index in [9.17, 15) is 4.79 Å². The number of hydrogen-bond acceptors (Lipinski definition) is 5. The fourth-order valence-electron chi connectivity index (χ4n) is 2.31. The molecule has 2 aromatic carbocycles. The Balaban J connectivity index is 1.58. The summed E-state index contributed by atoms with van der Waals surface area (Å²) in [6.07, 6.45) is 0. The molecule has 0 radical (unpaired) electrons. The number of nitrogens with zero attached hydrogens (tertiary/aromatic N) is 5. The minimum Gasteiger partial charge on any atom is -0.348 e. The largest absolute Gasteiger partial charge is 0.348 e. The number of carbonyl (C=O) groups is 1. The lowest BCUT2D eigenvalue weighted by Gasteiger charge is -2.07. The van der Waals surface area contributed by atoms with E-state index in [1.807, 2.05) is 31.2 Å². The van der Waals surface area contributed by atoms with Crippen LogP contribution in [0.3, 0.4) is 0 Å². The van der Waals surface area contributed by atoms with Crippen LogP contribution in [0.2, 0.25) is 0 Å². The standard InChI is InChI=1S/C18H16N6O/c1-13-21-22-23-24(13)12-16-6-8-17(9-7-16)18(25)20-11-15-4-2-14(10-19)3-5-15/h2-9H,11-12H2,1H3,(H,20,25). The van der Waals surface area contributed by atoms with Gasteiger partial charge >= 0.3 is 0 Å². The Hall–Kier alpha value is -3.53. The molecule has 0 saturated heterocycles. The van der Waals surface area contributed by atoms with E-state index in [0.29, 0.717) is 24.2 Å². The van der Waals surface area contributed by atoms with Crippen LogP contribution in [0, 0.1) is 18.3 Å². The van der Waals surface area contributed by atoms with Crippen molar-refractivity contribution >= 4 is 5.91 Å². The average molecular weight is 332 g/mol. The number of hydrogen-bond donors (Lipinski definition) is 1. The highest BCUT2D eigenvalue weighted by molar-refractivity contribution is 5.94. The highest BCUT2D eigenvalue weighted by atomic mass is 16.1. The summed E-state index contributed by atoms with van der Waals surface area (Å²) in [5.74, 6) is 0.596. The Kier molecular flexibility index (Phi) is 4.81. The number of tetrazole rings is 1. The SMILES string of the molecule is Cc1nnnn1Cc1ccc(C(=O)NCc2ccc(C#N)cc2)cc1. The predicted molar refractivity (Wildman–Crippen MR) is 90.4 cm³/mol. The topological polar surface area (TPSA) is 96.5 Å². The third-order valence-corrected chi connectivity index (χ3v) is 3.80. The molecule has 0 fully saturated rings. The van der Waals surface area contributed by atoms with E-state index < -0.39 is 0 Å². The number of rotatable bonds is 5. The van der Waals surface area contributed by atoms with Gasteiger partial charge in [-0.1, -0.05) is 24.3 Å². The van der Waals surface area contributed by atoms with E-state index >= 15 is 0 Å². The Morgan fingerprint density at radius 3 is 2.40 bits per heavy atom. The maximum absolute atomic E-state index is 12.2. The molecule has 1 N–H and O–H groups in total. The highest BCUT2D eigenvalue weighted by Crippen LogP contribution is 2.08. The normalized spacial score (nSPS) is 10.2. The van der Waals surface area contributed by atoms with Crippen molar-refractivity contribution in [3.63, 3.8) is 0 Å². The fraction of sp³-hybridized carbons (Fsp3) is 0.167. The van der Waals surface area contributed by atoms with Gasteiger partial charge in [-0.25, -0.2) is 4.68 Å². The molecule has 124 valence electrons. The van der Waals surface area contributed by atoms with Gasteiger partial charge in [-0.15, -0.1) is 5.10 Å². The van der Waals surface area contributed by atoms with Gasteiger partial charge in [0.2, 0.25) is 0 Å². The number of nitrogens with one attached hydrogen (secondary N) is 1. The summed E-state index contributed by atoms with van der Waals surface area (Å²) in [6, 6.07) is 16.5. The van der Waals surface area contributed by atoms with Crippen LogP contribution in [0.1, 0.15) is 32.9 Å². The molecule has 0 aliphatic rings. The summed E-state index contributed by atoms with van der Waals surface area (Å²) in [5, 5.41) is 23.0. The first kappa shape index (κ1) is 16.3. The second kappa shape index (κ2) is 7.36. The van der Waals surface area contributed by atoms with Crippen LogP contribution in [0.25, 0.3) is 0 Å². The van der Waals surface area contributed by atoms with Crippen molar-refractivity contribution in [3.8, 4) is 6.07 Å². The van der Waals surface area contributed by atoms with Crippen LogP contribution < -0.4 is 5.32 Å². The van der Waals surface area contributed by atoms with Gasteiger partial charge in [0.05, 0.1) is 18.2 Å². The van der Waals surface area contributed by atoms with Crippen molar-refractivity contribution in [3.05, 3.63) is 76.6 Å². The summed E-state index contributed by atoms with van der Waals surface area (Å²) in [6.45, 7) is 2.81. The van der Waals surface area contributed by atoms with E-state index in [1.165, 1.54) is 0 Å². The molecule has 25 heavy (non-hydrogen) atoms. The molecule has 0 unspecified atom stereocenters. The maximum atomic E-state index is 12.2. The van der Waals surface area contributed by atoms with Gasteiger partial charge in [-0.3, -0.25) is 4.79 Å². The van der Waals surface area contributed by atoms with Crippen molar-refractivity contribution in [2.24, 2.45) is 0 Å². The van der Waals surface area contributed by atoms with Gasteiger partial charge in [-0.2, -0.15) is 5.26 Å². The number of amides is 1. The van der Waals surface area contributed by atoms with Crippen LogP contribution in [-0.4, -0.2) is 26.1 Å². The van der Waals surface area contributed by atoms with Crippen LogP contribution in [-0.2, 0) is 13.1 Å². The molecule has 7 heteroatoms. The van der Waals surface area contributed by atoms with Crippen molar-refractivity contribution in [1.82, 2.24) is 25.5 Å². The maximum Gasteiger partial charge on any atom is 0.251 e. The fourth-order valence-corrected chi connectivity index (χ4v) is 2.31. The molecule has 1 aromatic heterocycles. The highest BCUT2D eigenvalue weighted by Gasteiger charge is 2.07. The molecule has 0 aliphatic heterocycles. The summed E-state index contributed by atoms with van der Waals surface area (Å²) < 4.78 is 1.69. The lowest BCUT2D eigenvalue weighted by atomic mass is 10.1. The summed E-state index contributed by atoms with van der Waals surface area (Å²) in [5.41, 5.74) is 3.14. The van der Waals surface area contributed by atoms with Gasteiger partial charge < -0.3 is 5.32 Å². The molecule has 3 rings (SSSR count). The van der Waals surface area contributed by atoms with E-state index in [0.717, 1.165) is 17.0 Å². The molecule has 1 amide bonds. The smallest absolute Gasteiger partial charge is 0.251 e. The first-order chi connectivity index (χ1) is 12.2. The van der Waals surface area contributed by atoms with Crippen LogP contribution in [0.15, 0.2) is 48.5 Å². The van der Waals surface area contributed by atoms with Gasteiger partial charge in [-0.05, 0) is 52.7 Å². The van der Waals surface area contributed by atoms with Crippen molar-refractivity contribution in [1.29, 1.82) is 5.26 Å². The molecule has 0 atom stereocenters. The summed E-state index contributed by atoms with van der Waals surface area (Å²) in [4.78, 5) is 12.2. The minimum absolute atomic E-state index is 0.144. The predicted octanol–water partition coefficient (Wildman–Crippen LogP) is 1.83. The Bertz CT molecular complexity index is 906. The molecule has 0 aliphatic carbocycles. The number of aromatic nitrogens is 4. The summed E-state index contributed by atoms with van der Waals surface area (Å²) >= 11 is 0. The van der Waals surface area contributed by atoms with Gasteiger partial charge in [0, 0.05) is 12.1 Å². The van der Waals surface area contributed by atoms with Crippen molar-refractivity contribution < 1.29 is 4.79 Å². The third kappa shape index (κ3) is 4.06. The number of benzene rings is 2. The second-order valence-electron chi connectivity index (χ2n) is 5.57. The average Bonchev–Trinajstić information content (AvgIpc) is 3.05. The van der Waals surface area contributed by atoms with Crippen molar-refractivity contribution in [2.75, 3.05) is 0 Å². The molecule has 1 heterocycles. The quantitative estimate of drug-likeness (QED) is 0.769. The molecular formula is C18H16N6O. The minimum atomic E-state index is -0.144. The zero-order valence-corrected chi connectivity index (χ0v) is 13.7. The Morgan fingerprint density at radius 1 is 1.12 bits per heavy atom. The molecule has 3 aromatic rings. The van der Waals surface area contributed by atoms with E-state index in [2.05, 4.69) is 26.9 Å². The van der Waals surface area contributed by atoms with Crippen LogP contribution in [0.5, 0.6) is 0 Å². The lowest BCUT2D eigenvalue weighted by Crippen LogP contribution is -2.22. The Labute approximate surface area is 144 Å².